The molecule has 5 rings (SSSR count). The Morgan fingerprint density at radius 2 is 2.06 bits per heavy atom. The molecule has 0 bridgehead atoms. The van der Waals surface area contributed by atoms with Gasteiger partial charge in [0.15, 0.2) is 0 Å². The lowest BCUT2D eigenvalue weighted by molar-refractivity contribution is 0.0695. The van der Waals surface area contributed by atoms with Gasteiger partial charge in [-0.15, -0.1) is 0 Å². The summed E-state index contributed by atoms with van der Waals surface area (Å²) >= 11 is 0. The Morgan fingerprint density at radius 3 is 2.84 bits per heavy atom. The zero-order chi connectivity index (χ0) is 22.4. The molecule has 32 heavy (non-hydrogen) atoms. The molecule has 0 radical (unpaired) electrons. The number of nitrogen functional groups attached to an aromatic ring is 2. The number of nitrogens with two attached hydrogens (primary N) is 2. The molecule has 6 N–H and O–H groups in total. The van der Waals surface area contributed by atoms with E-state index in [1.54, 1.807) is 18.3 Å². The van der Waals surface area contributed by atoms with E-state index in [0.29, 0.717) is 23.3 Å². The van der Waals surface area contributed by atoms with Gasteiger partial charge in [-0.1, -0.05) is 18.2 Å². The van der Waals surface area contributed by atoms with Gasteiger partial charge >= 0.3 is 5.97 Å². The Kier molecular flexibility index (Phi) is 4.51. The van der Waals surface area contributed by atoms with Gasteiger partial charge in [-0.2, -0.15) is 4.98 Å². The maximum absolute atomic E-state index is 12.6. The van der Waals surface area contributed by atoms with Crippen LogP contribution in [0.4, 0.5) is 17.5 Å². The maximum atomic E-state index is 12.6. The number of anilines is 3. The van der Waals surface area contributed by atoms with Crippen LogP contribution >= 0.6 is 0 Å². The molecule has 0 saturated carbocycles. The summed E-state index contributed by atoms with van der Waals surface area (Å²) in [5, 5.41) is 9.58. The van der Waals surface area contributed by atoms with E-state index in [2.05, 4.69) is 32.0 Å². The van der Waals surface area contributed by atoms with E-state index in [-0.39, 0.29) is 11.5 Å². The third-order valence-corrected chi connectivity index (χ3v) is 5.81. The van der Waals surface area contributed by atoms with Crippen molar-refractivity contribution in [2.75, 3.05) is 22.9 Å². The lowest BCUT2D eigenvalue weighted by Crippen LogP contribution is -2.21. The molecular weight excluding hydrogens is 408 g/mol. The Hall–Kier alpha value is -4.40. The molecule has 160 valence electrons. The number of fused-ring (bicyclic) bond motifs is 2. The van der Waals surface area contributed by atoms with E-state index in [9.17, 15) is 14.7 Å². The number of hydrogen-bond acceptors (Lipinski definition) is 7. The normalized spacial score (nSPS) is 12.8. The van der Waals surface area contributed by atoms with Crippen molar-refractivity contribution in [1.29, 1.82) is 0 Å². The Balaban J connectivity index is 1.51. The molecule has 2 aromatic carbocycles. The van der Waals surface area contributed by atoms with E-state index in [1.807, 2.05) is 12.1 Å². The number of carbonyl (C=O) groups is 1. The highest BCUT2D eigenvalue weighted by atomic mass is 16.4. The number of benzene rings is 2. The summed E-state index contributed by atoms with van der Waals surface area (Å²) in [4.78, 5) is 37.2. The van der Waals surface area contributed by atoms with E-state index in [1.165, 1.54) is 11.8 Å². The van der Waals surface area contributed by atoms with E-state index < -0.39 is 11.4 Å². The highest BCUT2D eigenvalue weighted by Gasteiger charge is 2.22. The number of aromatic carboxylic acids is 1. The third kappa shape index (κ3) is 3.20. The van der Waals surface area contributed by atoms with Crippen LogP contribution in [0.15, 0.2) is 53.6 Å². The zero-order valence-corrected chi connectivity index (χ0v) is 17.0. The summed E-state index contributed by atoms with van der Waals surface area (Å²) < 4.78 is 0. The van der Waals surface area contributed by atoms with Crippen LogP contribution in [0.5, 0.6) is 0 Å². The molecule has 1 aliphatic rings. The molecule has 0 aliphatic carbocycles. The molecule has 9 heteroatoms. The SMILES string of the molecule is Nc1ncc(CN2CCc3cc(-c4cccc5c(=O)c(C(=O)O)c[nH]c45)ccc32)c(N)n1. The number of pyridine rings is 1. The molecule has 0 atom stereocenters. The average Bonchev–Trinajstić information content (AvgIpc) is 3.17. The Morgan fingerprint density at radius 1 is 1.22 bits per heavy atom. The van der Waals surface area contributed by atoms with E-state index in [4.69, 9.17) is 11.5 Å². The van der Waals surface area contributed by atoms with Crippen LogP contribution in [0.25, 0.3) is 22.0 Å². The Labute approximate surface area is 182 Å². The van der Waals surface area contributed by atoms with Crippen LogP contribution in [0, 0.1) is 0 Å². The summed E-state index contributed by atoms with van der Waals surface area (Å²) in [6.07, 6.45) is 3.77. The highest BCUT2D eigenvalue weighted by molar-refractivity contribution is 5.98. The molecule has 0 spiro atoms. The van der Waals surface area contributed by atoms with Crippen LogP contribution in [0.1, 0.15) is 21.5 Å². The van der Waals surface area contributed by atoms with Gasteiger partial charge in [0.1, 0.15) is 11.4 Å². The number of hydrogen-bond donors (Lipinski definition) is 4. The van der Waals surface area contributed by atoms with Crippen molar-refractivity contribution in [3.05, 3.63) is 75.7 Å². The van der Waals surface area contributed by atoms with Gasteiger partial charge in [0.05, 0.1) is 5.52 Å². The highest BCUT2D eigenvalue weighted by Crippen LogP contribution is 2.35. The number of aromatic nitrogens is 3. The van der Waals surface area contributed by atoms with Crippen LogP contribution in [-0.2, 0) is 13.0 Å². The number of para-hydroxylation sites is 1. The van der Waals surface area contributed by atoms with Crippen molar-refractivity contribution in [3.63, 3.8) is 0 Å². The number of carboxylic acid groups (broad SMARTS) is 1. The van der Waals surface area contributed by atoms with Crippen LogP contribution < -0.4 is 21.8 Å². The number of nitrogens with one attached hydrogen (secondary N) is 1. The molecular formula is C23H20N6O3. The van der Waals surface area contributed by atoms with Crippen molar-refractivity contribution in [2.45, 2.75) is 13.0 Å². The van der Waals surface area contributed by atoms with Crippen molar-refractivity contribution in [3.8, 4) is 11.1 Å². The van der Waals surface area contributed by atoms with Crippen molar-refractivity contribution < 1.29 is 9.90 Å². The second kappa shape index (κ2) is 7.38. The number of carboxylic acids is 1. The zero-order valence-electron chi connectivity index (χ0n) is 17.0. The van der Waals surface area contributed by atoms with Gasteiger partial charge in [0.2, 0.25) is 11.4 Å². The summed E-state index contributed by atoms with van der Waals surface area (Å²) in [6, 6.07) is 11.5. The van der Waals surface area contributed by atoms with Gasteiger partial charge < -0.3 is 26.5 Å². The molecule has 3 heterocycles. The fourth-order valence-corrected chi connectivity index (χ4v) is 4.22. The fourth-order valence-electron chi connectivity index (χ4n) is 4.22. The molecule has 0 fully saturated rings. The lowest BCUT2D eigenvalue weighted by Gasteiger charge is -2.20. The molecule has 0 amide bonds. The van der Waals surface area contributed by atoms with Gasteiger partial charge in [0, 0.05) is 47.7 Å². The molecule has 0 saturated heterocycles. The molecule has 1 aliphatic heterocycles. The number of nitrogens with zero attached hydrogens (tertiary/aromatic N) is 3. The second-order valence-electron chi connectivity index (χ2n) is 7.72. The van der Waals surface area contributed by atoms with Crippen LogP contribution in [-0.4, -0.2) is 32.6 Å². The second-order valence-corrected chi connectivity index (χ2v) is 7.72. The minimum Gasteiger partial charge on any atom is -0.477 e. The minimum absolute atomic E-state index is 0.154. The van der Waals surface area contributed by atoms with Gasteiger partial charge in [-0.05, 0) is 35.7 Å². The largest absolute Gasteiger partial charge is 0.477 e. The molecule has 2 aromatic heterocycles. The molecule has 9 nitrogen and oxygen atoms in total. The lowest BCUT2D eigenvalue weighted by atomic mass is 9.98. The Bertz CT molecular complexity index is 1450. The van der Waals surface area contributed by atoms with Gasteiger partial charge in [0.25, 0.3) is 0 Å². The molecule has 0 unspecified atom stereocenters. The van der Waals surface area contributed by atoms with Gasteiger partial charge in [-0.3, -0.25) is 4.79 Å². The average molecular weight is 428 g/mol. The van der Waals surface area contributed by atoms with E-state index in [0.717, 1.165) is 35.3 Å². The summed E-state index contributed by atoms with van der Waals surface area (Å²) in [6.45, 7) is 1.41. The minimum atomic E-state index is -1.25. The number of rotatable bonds is 4. The van der Waals surface area contributed by atoms with Crippen molar-refractivity contribution >= 4 is 34.3 Å². The van der Waals surface area contributed by atoms with E-state index >= 15 is 0 Å². The first-order chi connectivity index (χ1) is 15.4. The summed E-state index contributed by atoms with van der Waals surface area (Å²) in [5.41, 5.74) is 16.3. The first-order valence-electron chi connectivity index (χ1n) is 10.0. The number of H-pyrrole nitrogens is 1. The monoisotopic (exact) mass is 428 g/mol. The quantitative estimate of drug-likeness (QED) is 0.387. The summed E-state index contributed by atoms with van der Waals surface area (Å²) in [7, 11) is 0. The number of aromatic amines is 1. The van der Waals surface area contributed by atoms with Crippen LogP contribution in [0.2, 0.25) is 0 Å². The topological polar surface area (TPSA) is 151 Å². The van der Waals surface area contributed by atoms with Crippen molar-refractivity contribution in [1.82, 2.24) is 15.0 Å². The first-order valence-corrected chi connectivity index (χ1v) is 10.0. The standard InChI is InChI=1S/C23H20N6O3/c24-21-14(9-27-23(25)28-21)11-29-7-6-13-8-12(4-5-18(13)29)15-2-1-3-16-19(15)26-10-17(20(16)30)22(31)32/h1-5,8-10H,6-7,11H2,(H,26,30)(H,31,32)(H4,24,25,27,28). The fraction of sp³-hybridized carbons (Fsp3) is 0.130. The maximum Gasteiger partial charge on any atom is 0.341 e. The predicted molar refractivity (Wildman–Crippen MR) is 123 cm³/mol. The smallest absolute Gasteiger partial charge is 0.341 e. The first kappa shape index (κ1) is 19.6. The predicted octanol–water partition coefficient (Wildman–Crippen LogP) is 2.41. The summed E-state index contributed by atoms with van der Waals surface area (Å²) in [5.74, 6) is -0.715. The molecule has 4 aromatic rings. The third-order valence-electron chi connectivity index (χ3n) is 5.81. The van der Waals surface area contributed by atoms with Crippen molar-refractivity contribution in [2.24, 2.45) is 0 Å². The van der Waals surface area contributed by atoms with Crippen LogP contribution in [0.3, 0.4) is 0 Å². The van der Waals surface area contributed by atoms with Gasteiger partial charge in [-0.25, -0.2) is 9.78 Å².